The Morgan fingerprint density at radius 3 is 1.15 bits per heavy atom. The van der Waals surface area contributed by atoms with E-state index in [-0.39, 0.29) is 23.4 Å². The van der Waals surface area contributed by atoms with Gasteiger partial charge in [-0.3, -0.25) is 0 Å². The van der Waals surface area contributed by atoms with E-state index in [1.165, 1.54) is 193 Å². The van der Waals surface area contributed by atoms with Crippen molar-refractivity contribution in [3.05, 3.63) is 0 Å². The number of hydrogen-bond donors (Lipinski definition) is 3. The van der Waals surface area contributed by atoms with Crippen LogP contribution in [-0.4, -0.2) is 55.0 Å². The van der Waals surface area contributed by atoms with Gasteiger partial charge in [-0.15, -0.1) is 0 Å². The van der Waals surface area contributed by atoms with Crippen LogP contribution in [0.1, 0.15) is 287 Å². The first kappa shape index (κ1) is 60.6. The molecule has 2 N–H and O–H groups in total. The zero-order valence-electron chi connectivity index (χ0n) is 43.3. The van der Waals surface area contributed by atoms with E-state index in [0.717, 1.165) is 62.9 Å². The Morgan fingerprint density at radius 2 is 0.790 bits per heavy atom. The van der Waals surface area contributed by atoms with E-state index < -0.39 is 6.96 Å². The minimum absolute atomic E-state index is 0.0256. The zero-order valence-corrected chi connectivity index (χ0v) is 45.1. The molecule has 2 rings (SSSR count). The predicted octanol–water partition coefficient (Wildman–Crippen LogP) is 16.6. The molecule has 0 bridgehead atoms. The predicted molar refractivity (Wildman–Crippen MR) is 281 cm³/mol. The van der Waals surface area contributed by atoms with Crippen molar-refractivity contribution < 1.29 is 23.9 Å². The van der Waals surface area contributed by atoms with Crippen LogP contribution in [0.4, 0.5) is 0 Å². The molecule has 8 heteroatoms. The van der Waals surface area contributed by atoms with E-state index in [1.54, 1.807) is 0 Å². The molecule has 2 aliphatic rings. The third kappa shape index (κ3) is 26.2. The van der Waals surface area contributed by atoms with E-state index >= 15 is 0 Å². The van der Waals surface area contributed by atoms with Crippen molar-refractivity contribution in [2.45, 2.75) is 310 Å². The normalized spacial score (nSPS) is 24.5. The molecule has 2 heterocycles. The SMILES string of the molecule is CCCCCCC1O[B-]2(OC(CCCCCC)C(CCCCCC)(CC(C)CCCS)O2)OC1(CCCCCC)CC(C)CCCS.CCCCCCCCCCCC[NH2+]CC. The summed E-state index contributed by atoms with van der Waals surface area (Å²) in [6.45, 7) is 18.9. The minimum atomic E-state index is -2.28. The van der Waals surface area contributed by atoms with Crippen LogP contribution in [0, 0.1) is 11.8 Å². The molecule has 2 fully saturated rings. The number of thiol groups is 2. The molecule has 1 spiro atoms. The standard InChI is InChI=1S/C40H80BO4S2.C14H31N/c1-7-11-15-19-27-37-39(29-21-17-13-9-3,33-35(5)25-23-31-46)44-41(42-37)43-38(28-20-16-12-8-2)40(45-41,30-22-18-14-10-4)34-36(6)26-24-32-47;1-3-5-6-7-8-9-10-11-12-13-14-15-4-2/h35-38,46-47H,7-34H2,1-6H3;15H,3-14H2,1-2H3/q-1;/p+1. The number of nitrogens with two attached hydrogens (primary N) is 1. The number of rotatable bonds is 42. The lowest BCUT2D eigenvalue weighted by Crippen LogP contribution is -2.83. The molecule has 0 radical (unpaired) electrons. The molecule has 6 unspecified atom stereocenters. The topological polar surface area (TPSA) is 53.5 Å². The second kappa shape index (κ2) is 39.5. The molecule has 0 amide bonds. The monoisotopic (exact) mass is 914 g/mol. The molecule has 0 aromatic heterocycles. The van der Waals surface area contributed by atoms with Gasteiger partial charge >= 0.3 is 6.96 Å². The number of quaternary nitrogens is 1. The van der Waals surface area contributed by atoms with Crippen molar-refractivity contribution >= 4 is 32.2 Å². The van der Waals surface area contributed by atoms with Gasteiger partial charge in [-0.1, -0.05) is 203 Å². The summed E-state index contributed by atoms with van der Waals surface area (Å²) in [6.07, 6.45) is 45.2. The Hall–Kier alpha value is 0.565. The molecular weight excluding hydrogens is 802 g/mol. The Kier molecular flexibility index (Phi) is 38.6. The highest BCUT2D eigenvalue weighted by molar-refractivity contribution is 7.80. The Morgan fingerprint density at radius 1 is 0.452 bits per heavy atom. The molecule has 0 saturated carbocycles. The van der Waals surface area contributed by atoms with Crippen LogP contribution in [0.2, 0.25) is 0 Å². The second-order valence-corrected chi connectivity index (χ2v) is 21.4. The van der Waals surface area contributed by atoms with Gasteiger partial charge in [-0.25, -0.2) is 0 Å². The molecule has 2 aliphatic heterocycles. The van der Waals surface area contributed by atoms with E-state index in [9.17, 15) is 0 Å². The summed E-state index contributed by atoms with van der Waals surface area (Å²) in [6, 6.07) is 0. The van der Waals surface area contributed by atoms with Gasteiger partial charge in [0.25, 0.3) is 0 Å². The van der Waals surface area contributed by atoms with Crippen LogP contribution >= 0.6 is 25.3 Å². The first-order chi connectivity index (χ1) is 30.2. The Labute approximate surface area is 400 Å². The highest BCUT2D eigenvalue weighted by Gasteiger charge is 2.62. The van der Waals surface area contributed by atoms with E-state index in [1.807, 2.05) is 0 Å². The summed E-state index contributed by atoms with van der Waals surface area (Å²) < 4.78 is 29.4. The van der Waals surface area contributed by atoms with Gasteiger partial charge in [0.1, 0.15) is 0 Å². The maximum Gasteiger partial charge on any atom is 0.532 e. The Balaban J connectivity index is 0.00000108. The van der Waals surface area contributed by atoms with Crippen LogP contribution in [0.15, 0.2) is 0 Å². The van der Waals surface area contributed by atoms with E-state index in [4.69, 9.17) is 18.6 Å². The van der Waals surface area contributed by atoms with Crippen molar-refractivity contribution in [2.75, 3.05) is 24.6 Å². The molecule has 0 aliphatic carbocycles. The fourth-order valence-electron chi connectivity index (χ4n) is 10.7. The fraction of sp³-hybridized carbons (Fsp3) is 1.00. The van der Waals surface area contributed by atoms with Crippen LogP contribution in [-0.2, 0) is 18.6 Å². The van der Waals surface area contributed by atoms with Gasteiger partial charge in [-0.2, -0.15) is 25.3 Å². The van der Waals surface area contributed by atoms with Crippen LogP contribution in [0.3, 0.4) is 0 Å². The third-order valence-electron chi connectivity index (χ3n) is 14.3. The van der Waals surface area contributed by atoms with Crippen molar-refractivity contribution in [1.82, 2.24) is 0 Å². The maximum atomic E-state index is 7.47. The summed E-state index contributed by atoms with van der Waals surface area (Å²) in [5.74, 6) is 2.98. The summed E-state index contributed by atoms with van der Waals surface area (Å²) in [4.78, 5) is 0. The van der Waals surface area contributed by atoms with Gasteiger partial charge in [0, 0.05) is 12.2 Å². The quantitative estimate of drug-likeness (QED) is 0.0324. The van der Waals surface area contributed by atoms with Crippen molar-refractivity contribution in [3.8, 4) is 0 Å². The third-order valence-corrected chi connectivity index (χ3v) is 14.9. The lowest BCUT2D eigenvalue weighted by Gasteiger charge is -2.42. The molecule has 372 valence electrons. The van der Waals surface area contributed by atoms with Crippen LogP contribution in [0.25, 0.3) is 0 Å². The summed E-state index contributed by atoms with van der Waals surface area (Å²) in [7, 11) is 0. The summed E-state index contributed by atoms with van der Waals surface area (Å²) in [5, 5.41) is 2.41. The summed E-state index contributed by atoms with van der Waals surface area (Å²) in [5.41, 5.74) is -0.697. The molecule has 6 atom stereocenters. The van der Waals surface area contributed by atoms with Gasteiger partial charge in [-0.05, 0) is 107 Å². The van der Waals surface area contributed by atoms with Crippen LogP contribution < -0.4 is 5.32 Å². The van der Waals surface area contributed by atoms with Gasteiger partial charge in [0.05, 0.1) is 24.3 Å². The van der Waals surface area contributed by atoms with Crippen molar-refractivity contribution in [1.29, 1.82) is 0 Å². The molecule has 5 nitrogen and oxygen atoms in total. The van der Waals surface area contributed by atoms with E-state index in [2.05, 4.69) is 86.0 Å². The van der Waals surface area contributed by atoms with Gasteiger partial charge in [0.2, 0.25) is 0 Å². The number of unbranched alkanes of at least 4 members (excludes halogenated alkanes) is 21. The molecule has 2 saturated heterocycles. The van der Waals surface area contributed by atoms with Crippen LogP contribution in [0.5, 0.6) is 0 Å². The lowest BCUT2D eigenvalue weighted by atomic mass is 9.79. The largest absolute Gasteiger partial charge is 0.532 e. The minimum Gasteiger partial charge on any atom is -0.514 e. The van der Waals surface area contributed by atoms with Crippen molar-refractivity contribution in [3.63, 3.8) is 0 Å². The average Bonchev–Trinajstić information content (AvgIpc) is 3.71. The molecule has 0 aromatic rings. The first-order valence-corrected chi connectivity index (χ1v) is 29.4. The molecular formula is C54H112BNO4S2. The average molecular weight is 914 g/mol. The van der Waals surface area contributed by atoms with Gasteiger partial charge in [0.15, 0.2) is 0 Å². The molecule has 62 heavy (non-hydrogen) atoms. The molecule has 0 aromatic carbocycles. The number of hydrogen-bond acceptors (Lipinski definition) is 6. The fourth-order valence-corrected chi connectivity index (χ4v) is 11.0. The second-order valence-electron chi connectivity index (χ2n) is 20.5. The summed E-state index contributed by atoms with van der Waals surface area (Å²) >= 11 is 9.11. The smallest absolute Gasteiger partial charge is 0.514 e. The highest BCUT2D eigenvalue weighted by Crippen LogP contribution is 2.53. The first-order valence-electron chi connectivity index (χ1n) is 28.1. The van der Waals surface area contributed by atoms with Gasteiger partial charge < -0.3 is 23.9 Å². The van der Waals surface area contributed by atoms with Crippen molar-refractivity contribution in [2.24, 2.45) is 11.8 Å². The maximum absolute atomic E-state index is 7.47. The zero-order chi connectivity index (χ0) is 45.6. The Bertz CT molecular complexity index is 907. The lowest BCUT2D eigenvalue weighted by molar-refractivity contribution is -0.652. The van der Waals surface area contributed by atoms with E-state index in [0.29, 0.717) is 11.8 Å². The highest BCUT2D eigenvalue weighted by atomic mass is 32.1.